The monoisotopic (exact) mass is 377 g/mol. The largest absolute Gasteiger partial charge is 0.502 e. The van der Waals surface area contributed by atoms with E-state index in [1.807, 2.05) is 0 Å². The van der Waals surface area contributed by atoms with Crippen LogP contribution in [-0.2, 0) is 16.1 Å². The minimum atomic E-state index is -0.762. The second kappa shape index (κ2) is 6.78. The molecule has 1 aliphatic rings. The van der Waals surface area contributed by atoms with Gasteiger partial charge in [0.05, 0.1) is 24.3 Å². The molecule has 2 aromatic rings. The molecule has 0 fully saturated rings. The Morgan fingerprint density at radius 3 is 2.32 bits per heavy atom. The number of hydrogen-bond donors (Lipinski definition) is 1. The summed E-state index contributed by atoms with van der Waals surface area (Å²) in [5.41, 5.74) is 0.859. The Morgan fingerprint density at radius 2 is 1.72 bits per heavy atom. The molecule has 0 radical (unpaired) electrons. The first kappa shape index (κ1) is 17.3. The molecule has 0 bridgehead atoms. The van der Waals surface area contributed by atoms with Crippen molar-refractivity contribution in [1.29, 1.82) is 0 Å². The molecule has 1 aliphatic heterocycles. The Hall–Kier alpha value is -2.50. The number of methoxy groups -OCH3 is 1. The number of carbonyl (C=O) groups excluding carboxylic acids is 2. The Labute approximate surface area is 154 Å². The highest BCUT2D eigenvalue weighted by molar-refractivity contribution is 6.40. The van der Waals surface area contributed by atoms with Gasteiger partial charge in [-0.2, -0.15) is 0 Å². The Kier molecular flexibility index (Phi) is 4.70. The van der Waals surface area contributed by atoms with Crippen molar-refractivity contribution >= 4 is 40.6 Å². The molecule has 128 valence electrons. The molecule has 7 heteroatoms. The third-order valence-electron chi connectivity index (χ3n) is 3.84. The molecule has 0 aliphatic carbocycles. The molecule has 0 aromatic heterocycles. The van der Waals surface area contributed by atoms with Gasteiger partial charge in [0, 0.05) is 10.6 Å². The van der Waals surface area contributed by atoms with E-state index in [1.165, 1.54) is 18.2 Å². The van der Waals surface area contributed by atoms with Gasteiger partial charge in [0.2, 0.25) is 0 Å². The zero-order valence-electron chi connectivity index (χ0n) is 13.1. The van der Waals surface area contributed by atoms with Crippen LogP contribution in [0.3, 0.4) is 0 Å². The highest BCUT2D eigenvalue weighted by atomic mass is 35.5. The molecule has 1 N–H and O–H groups in total. The third kappa shape index (κ3) is 3.21. The van der Waals surface area contributed by atoms with Crippen LogP contribution in [0.1, 0.15) is 11.1 Å². The number of aliphatic hydroxyl groups is 1. The van der Waals surface area contributed by atoms with E-state index in [9.17, 15) is 14.7 Å². The number of rotatable bonds is 4. The summed E-state index contributed by atoms with van der Waals surface area (Å²) in [6.07, 6.45) is 0. The van der Waals surface area contributed by atoms with Crippen LogP contribution in [0, 0.1) is 0 Å². The number of hydrogen-bond acceptors (Lipinski definition) is 4. The van der Waals surface area contributed by atoms with Crippen LogP contribution >= 0.6 is 23.2 Å². The number of ether oxygens (including phenoxy) is 1. The maximum absolute atomic E-state index is 12.7. The van der Waals surface area contributed by atoms with E-state index in [0.717, 1.165) is 10.5 Å². The number of carbonyl (C=O) groups is 2. The molecule has 5 nitrogen and oxygen atoms in total. The second-order valence-corrected chi connectivity index (χ2v) is 6.24. The van der Waals surface area contributed by atoms with Gasteiger partial charge in [0.1, 0.15) is 5.75 Å². The molecular weight excluding hydrogens is 365 g/mol. The standard InChI is InChI=1S/C18H13Cl2NO4/c1-25-12-5-2-10(3-6-12)9-21-17(23)15(16(22)18(21)24)13-7-4-11(19)8-14(13)20/h2-8,22H,9H2,1H3. The minimum absolute atomic E-state index is 0.0282. The lowest BCUT2D eigenvalue weighted by molar-refractivity contribution is -0.138. The van der Waals surface area contributed by atoms with Crippen LogP contribution in [-0.4, -0.2) is 28.9 Å². The van der Waals surface area contributed by atoms with E-state index in [0.29, 0.717) is 10.8 Å². The lowest BCUT2D eigenvalue weighted by Crippen LogP contribution is -2.31. The summed E-state index contributed by atoms with van der Waals surface area (Å²) in [7, 11) is 1.55. The lowest BCUT2D eigenvalue weighted by Gasteiger charge is -2.15. The quantitative estimate of drug-likeness (QED) is 0.821. The first-order chi connectivity index (χ1) is 11.9. The Balaban J connectivity index is 1.90. The molecular formula is C18H13Cl2NO4. The lowest BCUT2D eigenvalue weighted by atomic mass is 10.1. The SMILES string of the molecule is COc1ccc(CN2C(=O)C(O)=C(c3ccc(Cl)cc3Cl)C2=O)cc1. The normalized spacial score (nSPS) is 14.4. The van der Waals surface area contributed by atoms with Crippen molar-refractivity contribution in [3.8, 4) is 5.75 Å². The van der Waals surface area contributed by atoms with Crippen molar-refractivity contribution in [2.45, 2.75) is 6.54 Å². The smallest absolute Gasteiger partial charge is 0.296 e. The first-order valence-corrected chi connectivity index (χ1v) is 8.05. The molecule has 0 atom stereocenters. The highest BCUT2D eigenvalue weighted by Crippen LogP contribution is 2.34. The maximum Gasteiger partial charge on any atom is 0.296 e. The summed E-state index contributed by atoms with van der Waals surface area (Å²) < 4.78 is 5.08. The molecule has 0 saturated heterocycles. The fraction of sp³-hybridized carbons (Fsp3) is 0.111. The number of nitrogens with zero attached hydrogens (tertiary/aromatic N) is 1. The summed E-state index contributed by atoms with van der Waals surface area (Å²) in [5.74, 6) is -1.33. The fourth-order valence-corrected chi connectivity index (χ4v) is 3.06. The van der Waals surface area contributed by atoms with Crippen LogP contribution < -0.4 is 4.74 Å². The minimum Gasteiger partial charge on any atom is -0.502 e. The maximum atomic E-state index is 12.7. The van der Waals surface area contributed by atoms with E-state index in [2.05, 4.69) is 0 Å². The van der Waals surface area contributed by atoms with Crippen LogP contribution in [0.2, 0.25) is 10.0 Å². The van der Waals surface area contributed by atoms with Crippen LogP contribution in [0.25, 0.3) is 5.57 Å². The predicted octanol–water partition coefficient (Wildman–Crippen LogP) is 3.84. The average molecular weight is 378 g/mol. The van der Waals surface area contributed by atoms with Crippen LogP contribution in [0.4, 0.5) is 0 Å². The van der Waals surface area contributed by atoms with Crippen molar-refractivity contribution in [1.82, 2.24) is 4.90 Å². The molecule has 2 amide bonds. The van der Waals surface area contributed by atoms with E-state index in [4.69, 9.17) is 27.9 Å². The zero-order chi connectivity index (χ0) is 18.1. The van der Waals surface area contributed by atoms with Crippen LogP contribution in [0.15, 0.2) is 48.2 Å². The van der Waals surface area contributed by atoms with E-state index >= 15 is 0 Å². The van der Waals surface area contributed by atoms with Crippen molar-refractivity contribution < 1.29 is 19.4 Å². The van der Waals surface area contributed by atoms with E-state index in [1.54, 1.807) is 31.4 Å². The van der Waals surface area contributed by atoms with Gasteiger partial charge in [-0.25, -0.2) is 0 Å². The number of aliphatic hydroxyl groups excluding tert-OH is 1. The number of benzene rings is 2. The predicted molar refractivity (Wildman–Crippen MR) is 94.6 cm³/mol. The molecule has 25 heavy (non-hydrogen) atoms. The summed E-state index contributed by atoms with van der Waals surface area (Å²) >= 11 is 12.0. The molecule has 0 unspecified atom stereocenters. The molecule has 2 aromatic carbocycles. The van der Waals surface area contributed by atoms with Gasteiger partial charge in [-0.3, -0.25) is 14.5 Å². The van der Waals surface area contributed by atoms with Crippen molar-refractivity contribution in [3.63, 3.8) is 0 Å². The van der Waals surface area contributed by atoms with Crippen molar-refractivity contribution in [2.24, 2.45) is 0 Å². The van der Waals surface area contributed by atoms with Gasteiger partial charge in [-0.15, -0.1) is 0 Å². The average Bonchev–Trinajstić information content (AvgIpc) is 2.80. The fourth-order valence-electron chi connectivity index (χ4n) is 2.56. The molecule has 3 rings (SSSR count). The van der Waals surface area contributed by atoms with Crippen molar-refractivity contribution in [2.75, 3.05) is 7.11 Å². The van der Waals surface area contributed by atoms with E-state index in [-0.39, 0.29) is 22.7 Å². The summed E-state index contributed by atoms with van der Waals surface area (Å²) in [6, 6.07) is 11.4. The number of amides is 2. The first-order valence-electron chi connectivity index (χ1n) is 7.30. The van der Waals surface area contributed by atoms with Gasteiger partial charge >= 0.3 is 0 Å². The third-order valence-corrected chi connectivity index (χ3v) is 4.39. The molecule has 0 saturated carbocycles. The second-order valence-electron chi connectivity index (χ2n) is 5.39. The summed E-state index contributed by atoms with van der Waals surface area (Å²) in [6.45, 7) is 0.0282. The highest BCUT2D eigenvalue weighted by Gasteiger charge is 2.39. The topological polar surface area (TPSA) is 66.8 Å². The Morgan fingerprint density at radius 1 is 1.04 bits per heavy atom. The molecule has 1 heterocycles. The molecule has 0 spiro atoms. The van der Waals surface area contributed by atoms with Gasteiger partial charge in [-0.05, 0) is 29.8 Å². The van der Waals surface area contributed by atoms with Gasteiger partial charge < -0.3 is 9.84 Å². The van der Waals surface area contributed by atoms with Crippen LogP contribution in [0.5, 0.6) is 5.75 Å². The van der Waals surface area contributed by atoms with E-state index < -0.39 is 17.6 Å². The zero-order valence-corrected chi connectivity index (χ0v) is 14.6. The van der Waals surface area contributed by atoms with Gasteiger partial charge in [0.25, 0.3) is 11.8 Å². The van der Waals surface area contributed by atoms with Crippen molar-refractivity contribution in [3.05, 3.63) is 69.4 Å². The van der Waals surface area contributed by atoms with Gasteiger partial charge in [-0.1, -0.05) is 41.4 Å². The Bertz CT molecular complexity index is 890. The number of imide groups is 1. The summed E-state index contributed by atoms with van der Waals surface area (Å²) in [5, 5.41) is 10.7. The van der Waals surface area contributed by atoms with Gasteiger partial charge in [0.15, 0.2) is 5.76 Å². The summed E-state index contributed by atoms with van der Waals surface area (Å²) in [4.78, 5) is 25.9. The number of halogens is 2.